The number of halogens is 3. The van der Waals surface area contributed by atoms with Gasteiger partial charge in [-0.3, -0.25) is 4.79 Å². The Kier molecular flexibility index (Phi) is 4.88. The Morgan fingerprint density at radius 1 is 1.44 bits per heavy atom. The maximum absolute atomic E-state index is 12.8. The second-order valence-electron chi connectivity index (χ2n) is 6.03. The first-order valence-electron chi connectivity index (χ1n) is 7.91. The Hall–Kier alpha value is -1.87. The molecule has 0 unspecified atom stereocenters. The van der Waals surface area contributed by atoms with Crippen LogP contribution in [0.2, 0.25) is 0 Å². The number of aromatic nitrogens is 1. The molecule has 0 bridgehead atoms. The first-order chi connectivity index (χ1) is 11.8. The summed E-state index contributed by atoms with van der Waals surface area (Å²) in [6.07, 6.45) is -2.64. The standard InChI is InChI=1S/C16H18F3N3O2S/c1-9-13(21-24-14(9)16(17,18)19)11-5-6-12(25-11)15(23)22-7-3-4-10(8-22)20-2/h5-6,10,20H,3-4,7-8H2,1-2H3/t10-/m0/s1. The van der Waals surface area contributed by atoms with Crippen LogP contribution in [0, 0.1) is 6.92 Å². The van der Waals surface area contributed by atoms with Crippen molar-refractivity contribution in [3.05, 3.63) is 28.3 Å². The van der Waals surface area contributed by atoms with Crippen LogP contribution >= 0.6 is 11.3 Å². The summed E-state index contributed by atoms with van der Waals surface area (Å²) in [5.41, 5.74) is 0.0599. The molecular formula is C16H18F3N3O2S. The number of carbonyl (C=O) groups is 1. The zero-order valence-corrected chi connectivity index (χ0v) is 14.6. The zero-order chi connectivity index (χ0) is 18.2. The Morgan fingerprint density at radius 3 is 2.84 bits per heavy atom. The monoisotopic (exact) mass is 373 g/mol. The fourth-order valence-corrected chi connectivity index (χ4v) is 3.98. The second-order valence-corrected chi connectivity index (χ2v) is 7.11. The minimum absolute atomic E-state index is 0.0680. The normalized spacial score (nSPS) is 18.6. The van der Waals surface area contributed by atoms with Crippen molar-refractivity contribution in [2.24, 2.45) is 0 Å². The fraction of sp³-hybridized carbons (Fsp3) is 0.500. The number of piperidine rings is 1. The molecule has 1 fully saturated rings. The van der Waals surface area contributed by atoms with Gasteiger partial charge in [0.05, 0.1) is 9.75 Å². The Labute approximate surface area is 146 Å². The number of likely N-dealkylation sites (tertiary alicyclic amines) is 1. The Bertz CT molecular complexity index is 769. The van der Waals surface area contributed by atoms with Crippen LogP contribution in [0.15, 0.2) is 16.7 Å². The molecule has 1 aliphatic rings. The average molecular weight is 373 g/mol. The van der Waals surface area contributed by atoms with Gasteiger partial charge in [-0.1, -0.05) is 5.16 Å². The van der Waals surface area contributed by atoms with E-state index < -0.39 is 11.9 Å². The lowest BCUT2D eigenvalue weighted by atomic mass is 10.1. The smallest absolute Gasteiger partial charge is 0.351 e. The number of nitrogens with one attached hydrogen (secondary N) is 1. The minimum Gasteiger partial charge on any atom is -0.351 e. The summed E-state index contributed by atoms with van der Waals surface area (Å²) in [7, 11) is 1.87. The molecular weight excluding hydrogens is 355 g/mol. The molecule has 3 heterocycles. The molecule has 1 saturated heterocycles. The summed E-state index contributed by atoms with van der Waals surface area (Å²) >= 11 is 1.13. The quantitative estimate of drug-likeness (QED) is 0.894. The summed E-state index contributed by atoms with van der Waals surface area (Å²) in [6.45, 7) is 2.63. The van der Waals surface area contributed by atoms with Gasteiger partial charge in [0.25, 0.3) is 5.91 Å². The maximum Gasteiger partial charge on any atom is 0.452 e. The van der Waals surface area contributed by atoms with E-state index in [-0.39, 0.29) is 23.2 Å². The molecule has 1 atom stereocenters. The minimum atomic E-state index is -4.58. The molecule has 9 heteroatoms. The largest absolute Gasteiger partial charge is 0.452 e. The summed E-state index contributed by atoms with van der Waals surface area (Å²) in [5, 5.41) is 6.72. The molecule has 25 heavy (non-hydrogen) atoms. The van der Waals surface area contributed by atoms with Crippen molar-refractivity contribution in [2.75, 3.05) is 20.1 Å². The number of alkyl halides is 3. The van der Waals surface area contributed by atoms with Crippen LogP contribution in [-0.2, 0) is 6.18 Å². The van der Waals surface area contributed by atoms with Crippen molar-refractivity contribution < 1.29 is 22.5 Å². The summed E-state index contributed by atoms with van der Waals surface area (Å²) in [5.74, 6) is -1.20. The maximum atomic E-state index is 12.8. The fourth-order valence-electron chi connectivity index (χ4n) is 2.96. The number of hydrogen-bond acceptors (Lipinski definition) is 5. The SMILES string of the molecule is CN[C@H]1CCCN(C(=O)c2ccc(-c3noc(C(F)(F)F)c3C)s2)C1. The van der Waals surface area contributed by atoms with Gasteiger partial charge in [-0.15, -0.1) is 11.3 Å². The molecule has 0 spiro atoms. The van der Waals surface area contributed by atoms with Gasteiger partial charge in [0.15, 0.2) is 0 Å². The number of amides is 1. The van der Waals surface area contributed by atoms with Crippen LogP contribution in [0.5, 0.6) is 0 Å². The van der Waals surface area contributed by atoms with E-state index in [1.165, 1.54) is 6.92 Å². The predicted octanol–water partition coefficient (Wildman–Crippen LogP) is 3.55. The number of hydrogen-bond donors (Lipinski definition) is 1. The molecule has 3 rings (SSSR count). The van der Waals surface area contributed by atoms with E-state index in [1.807, 2.05) is 7.05 Å². The topological polar surface area (TPSA) is 58.4 Å². The van der Waals surface area contributed by atoms with Crippen molar-refractivity contribution >= 4 is 17.2 Å². The number of nitrogens with zero attached hydrogens (tertiary/aromatic N) is 2. The van der Waals surface area contributed by atoms with E-state index >= 15 is 0 Å². The van der Waals surface area contributed by atoms with Crippen LogP contribution in [-0.4, -0.2) is 42.1 Å². The number of thiophene rings is 1. The lowest BCUT2D eigenvalue weighted by Crippen LogP contribution is -2.46. The summed E-state index contributed by atoms with van der Waals surface area (Å²) in [6, 6.07) is 3.51. The number of likely N-dealkylation sites (N-methyl/N-ethyl adjacent to an activating group) is 1. The van der Waals surface area contributed by atoms with Gasteiger partial charge in [-0.2, -0.15) is 13.2 Å². The van der Waals surface area contributed by atoms with Gasteiger partial charge < -0.3 is 14.7 Å². The van der Waals surface area contributed by atoms with Gasteiger partial charge in [-0.25, -0.2) is 0 Å². The lowest BCUT2D eigenvalue weighted by Gasteiger charge is -2.32. The molecule has 0 aromatic carbocycles. The number of rotatable bonds is 3. The van der Waals surface area contributed by atoms with Crippen LogP contribution in [0.4, 0.5) is 13.2 Å². The predicted molar refractivity (Wildman–Crippen MR) is 87.5 cm³/mol. The molecule has 0 aliphatic carbocycles. The molecule has 136 valence electrons. The molecule has 2 aromatic rings. The molecule has 1 amide bonds. The Morgan fingerprint density at radius 2 is 2.20 bits per heavy atom. The van der Waals surface area contributed by atoms with Crippen LogP contribution < -0.4 is 5.32 Å². The van der Waals surface area contributed by atoms with E-state index in [9.17, 15) is 18.0 Å². The highest BCUT2D eigenvalue weighted by molar-refractivity contribution is 7.17. The van der Waals surface area contributed by atoms with Crippen LogP contribution in [0.1, 0.15) is 33.8 Å². The molecule has 0 radical (unpaired) electrons. The first kappa shape index (κ1) is 17.9. The molecule has 0 saturated carbocycles. The van der Waals surface area contributed by atoms with Gasteiger partial charge >= 0.3 is 6.18 Å². The van der Waals surface area contributed by atoms with Crippen LogP contribution in [0.25, 0.3) is 10.6 Å². The molecule has 5 nitrogen and oxygen atoms in total. The molecule has 1 aliphatic heterocycles. The Balaban J connectivity index is 1.81. The highest BCUT2D eigenvalue weighted by Crippen LogP contribution is 2.38. The van der Waals surface area contributed by atoms with E-state index in [4.69, 9.17) is 0 Å². The van der Waals surface area contributed by atoms with Crippen molar-refractivity contribution in [1.29, 1.82) is 0 Å². The van der Waals surface area contributed by atoms with Crippen molar-refractivity contribution in [3.63, 3.8) is 0 Å². The zero-order valence-electron chi connectivity index (χ0n) is 13.8. The molecule has 2 aromatic heterocycles. The van der Waals surface area contributed by atoms with E-state index in [0.717, 1.165) is 24.2 Å². The highest BCUT2D eigenvalue weighted by atomic mass is 32.1. The van der Waals surface area contributed by atoms with E-state index in [2.05, 4.69) is 15.0 Å². The van der Waals surface area contributed by atoms with Crippen molar-refractivity contribution in [3.8, 4) is 10.6 Å². The van der Waals surface area contributed by atoms with Crippen molar-refractivity contribution in [1.82, 2.24) is 15.4 Å². The van der Waals surface area contributed by atoms with Gasteiger partial charge in [0, 0.05) is 24.7 Å². The third-order valence-electron chi connectivity index (χ3n) is 4.35. The average Bonchev–Trinajstić information content (AvgIpc) is 3.20. The van der Waals surface area contributed by atoms with Crippen molar-refractivity contribution in [2.45, 2.75) is 32.0 Å². The first-order valence-corrected chi connectivity index (χ1v) is 8.73. The third-order valence-corrected chi connectivity index (χ3v) is 5.43. The third kappa shape index (κ3) is 3.57. The van der Waals surface area contributed by atoms with Gasteiger partial charge in [0.2, 0.25) is 5.76 Å². The second kappa shape index (κ2) is 6.80. The van der Waals surface area contributed by atoms with Gasteiger partial charge in [0.1, 0.15) is 5.69 Å². The summed E-state index contributed by atoms with van der Waals surface area (Å²) < 4.78 is 42.9. The molecule has 1 N–H and O–H groups in total. The summed E-state index contributed by atoms with van der Waals surface area (Å²) in [4.78, 5) is 15.4. The van der Waals surface area contributed by atoms with E-state index in [1.54, 1.807) is 17.0 Å². The van der Waals surface area contributed by atoms with E-state index in [0.29, 0.717) is 22.8 Å². The lowest BCUT2D eigenvalue weighted by molar-refractivity contribution is -0.156. The van der Waals surface area contributed by atoms with Crippen LogP contribution in [0.3, 0.4) is 0 Å². The number of carbonyl (C=O) groups excluding carboxylic acids is 1. The highest BCUT2D eigenvalue weighted by Gasteiger charge is 2.39. The van der Waals surface area contributed by atoms with Gasteiger partial charge in [-0.05, 0) is 38.9 Å².